The maximum Gasteiger partial charge on any atom is 0.340 e. The molecule has 3 rings (SSSR count). The lowest BCUT2D eigenvalue weighted by Crippen LogP contribution is -2.10. The van der Waals surface area contributed by atoms with Gasteiger partial charge in [0, 0.05) is 26.5 Å². The predicted octanol–water partition coefficient (Wildman–Crippen LogP) is 4.09. The van der Waals surface area contributed by atoms with E-state index in [1.807, 2.05) is 0 Å². The summed E-state index contributed by atoms with van der Waals surface area (Å²) in [5, 5.41) is 0.666. The largest absolute Gasteiger partial charge is 0.423 e. The van der Waals surface area contributed by atoms with Gasteiger partial charge in [-0.1, -0.05) is 15.9 Å². The van der Waals surface area contributed by atoms with Crippen molar-refractivity contribution in [1.29, 1.82) is 0 Å². The summed E-state index contributed by atoms with van der Waals surface area (Å²) in [5.74, 6) is 0.0571. The maximum atomic E-state index is 12.4. The third-order valence-electron chi connectivity index (χ3n) is 2.96. The summed E-state index contributed by atoms with van der Waals surface area (Å²) < 4.78 is 36.0. The molecule has 23 heavy (non-hydrogen) atoms. The Bertz CT molecular complexity index is 1060. The number of halogens is 2. The van der Waals surface area contributed by atoms with Crippen molar-refractivity contribution in [2.45, 2.75) is 4.90 Å². The van der Waals surface area contributed by atoms with E-state index in [4.69, 9.17) is 8.60 Å². The lowest BCUT2D eigenvalue weighted by Gasteiger charge is -2.09. The van der Waals surface area contributed by atoms with Crippen LogP contribution in [0.15, 0.2) is 71.6 Å². The smallest absolute Gasteiger partial charge is 0.340 e. The Morgan fingerprint density at radius 2 is 1.70 bits per heavy atom. The summed E-state index contributed by atoms with van der Waals surface area (Å²) in [4.78, 5) is 11.2. The minimum Gasteiger partial charge on any atom is -0.423 e. The molecule has 0 spiro atoms. The van der Waals surface area contributed by atoms with Crippen molar-refractivity contribution in [2.75, 3.05) is 0 Å². The highest BCUT2D eigenvalue weighted by atomic mass is 79.9. The highest BCUT2D eigenvalue weighted by molar-refractivity contribution is 9.11. The molecular weight excluding hydrogens is 452 g/mol. The van der Waals surface area contributed by atoms with Gasteiger partial charge in [0.1, 0.15) is 16.2 Å². The van der Waals surface area contributed by atoms with Gasteiger partial charge in [-0.3, -0.25) is 0 Å². The first-order valence-corrected chi connectivity index (χ1v) is 9.28. The van der Waals surface area contributed by atoms with Gasteiger partial charge >= 0.3 is 15.7 Å². The average Bonchev–Trinajstić information content (AvgIpc) is 2.45. The molecule has 0 N–H and O–H groups in total. The average molecular weight is 460 g/mol. The van der Waals surface area contributed by atoms with Crippen LogP contribution >= 0.6 is 31.9 Å². The fourth-order valence-electron chi connectivity index (χ4n) is 1.94. The fourth-order valence-corrected chi connectivity index (χ4v) is 4.56. The van der Waals surface area contributed by atoms with E-state index in [0.717, 1.165) is 4.47 Å². The van der Waals surface area contributed by atoms with Gasteiger partial charge in [0.25, 0.3) is 0 Å². The van der Waals surface area contributed by atoms with Crippen LogP contribution in [-0.2, 0) is 10.1 Å². The van der Waals surface area contributed by atoms with Crippen molar-refractivity contribution in [3.05, 3.63) is 67.9 Å². The topological polar surface area (TPSA) is 73.6 Å². The minimum absolute atomic E-state index is 0.00434. The van der Waals surface area contributed by atoms with E-state index in [9.17, 15) is 13.2 Å². The zero-order valence-corrected chi connectivity index (χ0v) is 15.3. The Labute approximate surface area is 148 Å². The number of hydrogen-bond donors (Lipinski definition) is 0. The molecule has 0 saturated heterocycles. The van der Waals surface area contributed by atoms with Crippen molar-refractivity contribution < 1.29 is 17.0 Å². The highest BCUT2D eigenvalue weighted by Gasteiger charge is 2.20. The van der Waals surface area contributed by atoms with Gasteiger partial charge in [0.05, 0.1) is 0 Å². The van der Waals surface area contributed by atoms with Crippen LogP contribution in [0.2, 0.25) is 0 Å². The summed E-state index contributed by atoms with van der Waals surface area (Å²) >= 11 is 6.45. The molecule has 0 fully saturated rings. The van der Waals surface area contributed by atoms with Gasteiger partial charge in [-0.25, -0.2) is 4.79 Å². The number of hydrogen-bond acceptors (Lipinski definition) is 5. The second-order valence-corrected chi connectivity index (χ2v) is 7.85. The van der Waals surface area contributed by atoms with Crippen molar-refractivity contribution in [3.8, 4) is 5.75 Å². The molecule has 0 atom stereocenters. The van der Waals surface area contributed by atoms with Crippen LogP contribution in [0.3, 0.4) is 0 Å². The van der Waals surface area contributed by atoms with Crippen molar-refractivity contribution >= 4 is 52.9 Å². The SMILES string of the molecule is O=c1ccc2ccc(OS(=O)(=O)c3ccc(Br)cc3Br)cc2o1. The number of fused-ring (bicyclic) bond motifs is 1. The zero-order chi connectivity index (χ0) is 16.6. The van der Waals surface area contributed by atoms with Crippen molar-refractivity contribution in [2.24, 2.45) is 0 Å². The van der Waals surface area contributed by atoms with E-state index in [2.05, 4.69) is 31.9 Å². The molecule has 0 amide bonds. The van der Waals surface area contributed by atoms with E-state index < -0.39 is 15.7 Å². The molecule has 1 aromatic heterocycles. The summed E-state index contributed by atoms with van der Waals surface area (Å²) in [6, 6.07) is 12.0. The van der Waals surface area contributed by atoms with E-state index in [1.165, 1.54) is 24.3 Å². The predicted molar refractivity (Wildman–Crippen MR) is 92.1 cm³/mol. The summed E-state index contributed by atoms with van der Waals surface area (Å²) in [6.45, 7) is 0. The first kappa shape index (κ1) is 16.2. The molecule has 1 heterocycles. The fraction of sp³-hybridized carbons (Fsp3) is 0. The molecule has 0 bridgehead atoms. The number of benzene rings is 2. The van der Waals surface area contributed by atoms with Crippen LogP contribution in [0.25, 0.3) is 11.0 Å². The molecule has 118 valence electrons. The number of rotatable bonds is 3. The third kappa shape index (κ3) is 3.49. The van der Waals surface area contributed by atoms with Crippen molar-refractivity contribution in [1.82, 2.24) is 0 Å². The molecule has 0 radical (unpaired) electrons. The summed E-state index contributed by atoms with van der Waals surface area (Å²) in [7, 11) is -4.03. The van der Waals surface area contributed by atoms with Crippen LogP contribution in [-0.4, -0.2) is 8.42 Å². The molecule has 0 aliphatic rings. The minimum atomic E-state index is -4.03. The molecule has 0 saturated carbocycles. The zero-order valence-electron chi connectivity index (χ0n) is 11.3. The Kier molecular flexibility index (Phi) is 4.31. The normalized spacial score (nSPS) is 11.6. The van der Waals surface area contributed by atoms with Gasteiger partial charge < -0.3 is 8.60 Å². The lowest BCUT2D eigenvalue weighted by atomic mass is 10.2. The van der Waals surface area contributed by atoms with E-state index >= 15 is 0 Å². The molecule has 0 unspecified atom stereocenters. The second kappa shape index (κ2) is 6.10. The standard InChI is InChI=1S/C15H8Br2O5S/c16-10-3-5-14(12(17)7-10)23(19,20)22-11-4-1-9-2-6-15(18)21-13(9)8-11/h1-8H. The van der Waals surface area contributed by atoms with Crippen LogP contribution < -0.4 is 9.81 Å². The van der Waals surface area contributed by atoms with E-state index in [1.54, 1.807) is 24.3 Å². The van der Waals surface area contributed by atoms with Gasteiger partial charge in [-0.15, -0.1) is 0 Å². The molecule has 5 nitrogen and oxygen atoms in total. The molecule has 8 heteroatoms. The van der Waals surface area contributed by atoms with Gasteiger partial charge in [0.2, 0.25) is 0 Å². The van der Waals surface area contributed by atoms with Gasteiger partial charge in [-0.2, -0.15) is 8.42 Å². The molecule has 0 aliphatic heterocycles. The summed E-state index contributed by atoms with van der Waals surface area (Å²) in [6.07, 6.45) is 0. The van der Waals surface area contributed by atoms with Crippen LogP contribution in [0.4, 0.5) is 0 Å². The molecular formula is C15H8Br2O5S. The summed E-state index contributed by atoms with van der Waals surface area (Å²) in [5.41, 5.74) is -0.270. The van der Waals surface area contributed by atoms with Gasteiger partial charge in [-0.05, 0) is 52.3 Å². The lowest BCUT2D eigenvalue weighted by molar-refractivity contribution is 0.484. The monoisotopic (exact) mass is 458 g/mol. The van der Waals surface area contributed by atoms with Crippen LogP contribution in [0.1, 0.15) is 0 Å². The Morgan fingerprint density at radius 3 is 2.43 bits per heavy atom. The first-order valence-electron chi connectivity index (χ1n) is 6.29. The van der Waals surface area contributed by atoms with E-state index in [0.29, 0.717) is 9.86 Å². The Hall–Kier alpha value is -1.64. The van der Waals surface area contributed by atoms with Crippen LogP contribution in [0.5, 0.6) is 5.75 Å². The molecule has 2 aromatic carbocycles. The second-order valence-electron chi connectivity index (χ2n) is 4.57. The van der Waals surface area contributed by atoms with Crippen LogP contribution in [0, 0.1) is 0 Å². The first-order chi connectivity index (χ1) is 10.8. The quantitative estimate of drug-likeness (QED) is 0.435. The van der Waals surface area contributed by atoms with E-state index in [-0.39, 0.29) is 16.2 Å². The van der Waals surface area contributed by atoms with Crippen molar-refractivity contribution in [3.63, 3.8) is 0 Å². The third-order valence-corrected chi connectivity index (χ3v) is 5.68. The molecule has 0 aliphatic carbocycles. The molecule has 3 aromatic rings. The Balaban J connectivity index is 2.01. The highest BCUT2D eigenvalue weighted by Crippen LogP contribution is 2.29. The maximum absolute atomic E-state index is 12.4. The van der Waals surface area contributed by atoms with Gasteiger partial charge in [0.15, 0.2) is 0 Å². The Morgan fingerprint density at radius 1 is 0.957 bits per heavy atom.